The zero-order valence-corrected chi connectivity index (χ0v) is 10.8. The van der Waals surface area contributed by atoms with Crippen LogP contribution in [0.1, 0.15) is 20.3 Å². The van der Waals surface area contributed by atoms with Crippen molar-refractivity contribution in [1.82, 2.24) is 5.32 Å². The lowest BCUT2D eigenvalue weighted by molar-refractivity contribution is -0.121. The number of hydrogen-bond donors (Lipinski definition) is 2. The molecule has 0 aliphatic rings. The number of thiol groups is 1. The first-order chi connectivity index (χ1) is 7.60. The zero-order valence-electron chi connectivity index (χ0n) is 9.94. The lowest BCUT2D eigenvalue weighted by Crippen LogP contribution is -2.33. The molecular formula is C11H21NO3S. The molecule has 0 heterocycles. The van der Waals surface area contributed by atoms with Crippen molar-refractivity contribution in [3.05, 3.63) is 12.8 Å². The Morgan fingerprint density at radius 1 is 1.50 bits per heavy atom. The first-order valence-corrected chi connectivity index (χ1v) is 5.99. The molecule has 1 N–H and O–H groups in total. The molecule has 0 fully saturated rings. The Kier molecular flexibility index (Phi) is 9.13. The Labute approximate surface area is 103 Å². The maximum absolute atomic E-state index is 11.1. The molecule has 0 spiro atoms. The molecule has 0 aromatic rings. The second-order valence-corrected chi connectivity index (χ2v) is 3.98. The van der Waals surface area contributed by atoms with E-state index in [-0.39, 0.29) is 18.1 Å². The fourth-order valence-electron chi connectivity index (χ4n) is 1.01. The van der Waals surface area contributed by atoms with Crippen LogP contribution in [-0.2, 0) is 14.3 Å². The largest absolute Gasteiger partial charge is 0.497 e. The Morgan fingerprint density at radius 3 is 2.75 bits per heavy atom. The van der Waals surface area contributed by atoms with Crippen molar-refractivity contribution in [2.24, 2.45) is 0 Å². The quantitative estimate of drug-likeness (QED) is 0.478. The van der Waals surface area contributed by atoms with Gasteiger partial charge in [-0.2, -0.15) is 12.6 Å². The van der Waals surface area contributed by atoms with Gasteiger partial charge in [0.15, 0.2) is 0 Å². The second kappa shape index (κ2) is 9.54. The molecular weight excluding hydrogens is 226 g/mol. The molecule has 0 bridgehead atoms. The van der Waals surface area contributed by atoms with Gasteiger partial charge in [0.2, 0.25) is 5.91 Å². The van der Waals surface area contributed by atoms with Crippen LogP contribution in [0.15, 0.2) is 12.8 Å². The van der Waals surface area contributed by atoms with Crippen LogP contribution in [0.5, 0.6) is 0 Å². The highest BCUT2D eigenvalue weighted by Crippen LogP contribution is 1.96. The third kappa shape index (κ3) is 8.61. The minimum atomic E-state index is -0.0280. The summed E-state index contributed by atoms with van der Waals surface area (Å²) in [5.41, 5.74) is 0. The van der Waals surface area contributed by atoms with Crippen molar-refractivity contribution in [1.29, 1.82) is 0 Å². The van der Waals surface area contributed by atoms with Gasteiger partial charge in [-0.15, -0.1) is 0 Å². The van der Waals surface area contributed by atoms with E-state index in [9.17, 15) is 4.79 Å². The molecule has 5 heteroatoms. The average Bonchev–Trinajstić information content (AvgIpc) is 2.24. The van der Waals surface area contributed by atoms with E-state index in [1.54, 1.807) is 0 Å². The van der Waals surface area contributed by atoms with Gasteiger partial charge in [0.1, 0.15) is 6.10 Å². The van der Waals surface area contributed by atoms with Gasteiger partial charge in [-0.25, -0.2) is 0 Å². The molecule has 0 aliphatic carbocycles. The predicted molar refractivity (Wildman–Crippen MR) is 67.6 cm³/mol. The van der Waals surface area contributed by atoms with Crippen LogP contribution in [0.25, 0.3) is 0 Å². The normalized spacial score (nSPS) is 13.9. The maximum Gasteiger partial charge on any atom is 0.220 e. The lowest BCUT2D eigenvalue weighted by Gasteiger charge is -2.17. The highest BCUT2D eigenvalue weighted by Gasteiger charge is 2.07. The van der Waals surface area contributed by atoms with Crippen LogP contribution < -0.4 is 5.32 Å². The van der Waals surface area contributed by atoms with E-state index in [0.717, 1.165) is 0 Å². The van der Waals surface area contributed by atoms with Crippen LogP contribution in [0.2, 0.25) is 0 Å². The number of nitrogens with one attached hydrogen (secondary N) is 1. The van der Waals surface area contributed by atoms with E-state index in [1.165, 1.54) is 6.26 Å². The monoisotopic (exact) mass is 247 g/mol. The van der Waals surface area contributed by atoms with Crippen molar-refractivity contribution in [3.63, 3.8) is 0 Å². The summed E-state index contributed by atoms with van der Waals surface area (Å²) in [6, 6.07) is 0. The SMILES string of the molecule is C=COC(C)COC(C)CNC(=O)CCS. The summed E-state index contributed by atoms with van der Waals surface area (Å²) in [6.45, 7) is 8.26. The van der Waals surface area contributed by atoms with Gasteiger partial charge >= 0.3 is 0 Å². The highest BCUT2D eigenvalue weighted by molar-refractivity contribution is 7.80. The summed E-state index contributed by atoms with van der Waals surface area (Å²) in [4.78, 5) is 11.1. The zero-order chi connectivity index (χ0) is 12.4. The highest BCUT2D eigenvalue weighted by atomic mass is 32.1. The van der Waals surface area contributed by atoms with Crippen molar-refractivity contribution in [2.75, 3.05) is 18.9 Å². The summed E-state index contributed by atoms with van der Waals surface area (Å²) >= 11 is 3.98. The smallest absolute Gasteiger partial charge is 0.220 e. The molecule has 0 rings (SSSR count). The Hall–Kier alpha value is -0.680. The number of carbonyl (C=O) groups excluding carboxylic acids is 1. The van der Waals surface area contributed by atoms with E-state index in [0.29, 0.717) is 25.3 Å². The number of hydrogen-bond acceptors (Lipinski definition) is 4. The average molecular weight is 247 g/mol. The summed E-state index contributed by atoms with van der Waals surface area (Å²) in [6.07, 6.45) is 1.78. The summed E-state index contributed by atoms with van der Waals surface area (Å²) < 4.78 is 10.6. The molecule has 4 nitrogen and oxygen atoms in total. The topological polar surface area (TPSA) is 47.6 Å². The molecule has 16 heavy (non-hydrogen) atoms. The molecule has 2 atom stereocenters. The van der Waals surface area contributed by atoms with E-state index < -0.39 is 0 Å². The van der Waals surface area contributed by atoms with Gasteiger partial charge in [0, 0.05) is 13.0 Å². The molecule has 0 aromatic carbocycles. The third-order valence-electron chi connectivity index (χ3n) is 1.87. The number of ether oxygens (including phenoxy) is 2. The Morgan fingerprint density at radius 2 is 2.19 bits per heavy atom. The van der Waals surface area contributed by atoms with Crippen LogP contribution in [0.4, 0.5) is 0 Å². The summed E-state index contributed by atoms with van der Waals surface area (Å²) in [5.74, 6) is 0.562. The van der Waals surface area contributed by atoms with E-state index in [1.807, 2.05) is 13.8 Å². The van der Waals surface area contributed by atoms with Gasteiger partial charge in [0.25, 0.3) is 0 Å². The third-order valence-corrected chi connectivity index (χ3v) is 2.09. The minimum absolute atomic E-state index is 0.000778. The van der Waals surface area contributed by atoms with E-state index in [2.05, 4.69) is 24.5 Å². The number of amides is 1. The first-order valence-electron chi connectivity index (χ1n) is 5.35. The molecule has 0 aromatic heterocycles. The van der Waals surface area contributed by atoms with E-state index >= 15 is 0 Å². The van der Waals surface area contributed by atoms with E-state index in [4.69, 9.17) is 9.47 Å². The van der Waals surface area contributed by atoms with Gasteiger partial charge < -0.3 is 14.8 Å². The van der Waals surface area contributed by atoms with Crippen LogP contribution in [0, 0.1) is 0 Å². The van der Waals surface area contributed by atoms with Gasteiger partial charge in [0.05, 0.1) is 19.0 Å². The molecule has 0 saturated carbocycles. The van der Waals surface area contributed by atoms with Crippen LogP contribution >= 0.6 is 12.6 Å². The molecule has 2 unspecified atom stereocenters. The number of rotatable bonds is 9. The lowest BCUT2D eigenvalue weighted by atomic mass is 10.3. The molecule has 1 amide bonds. The summed E-state index contributed by atoms with van der Waals surface area (Å²) in [7, 11) is 0. The predicted octanol–water partition coefficient (Wildman–Crippen LogP) is 1.38. The fraction of sp³-hybridized carbons (Fsp3) is 0.727. The second-order valence-electron chi connectivity index (χ2n) is 3.54. The van der Waals surface area contributed by atoms with Crippen molar-refractivity contribution in [2.45, 2.75) is 32.5 Å². The molecule has 94 valence electrons. The Bertz CT molecular complexity index is 211. The first kappa shape index (κ1) is 15.3. The fourth-order valence-corrected chi connectivity index (χ4v) is 1.21. The van der Waals surface area contributed by atoms with Gasteiger partial charge in [-0.05, 0) is 19.6 Å². The summed E-state index contributed by atoms with van der Waals surface area (Å²) in [5, 5.41) is 2.77. The van der Waals surface area contributed by atoms with Gasteiger partial charge in [-0.1, -0.05) is 6.58 Å². The van der Waals surface area contributed by atoms with Gasteiger partial charge in [-0.3, -0.25) is 4.79 Å². The van der Waals surface area contributed by atoms with Crippen molar-refractivity contribution < 1.29 is 14.3 Å². The van der Waals surface area contributed by atoms with Crippen molar-refractivity contribution >= 4 is 18.5 Å². The molecule has 0 radical (unpaired) electrons. The number of carbonyl (C=O) groups is 1. The molecule has 0 saturated heterocycles. The Balaban J connectivity index is 3.54. The van der Waals surface area contributed by atoms with Crippen molar-refractivity contribution in [3.8, 4) is 0 Å². The minimum Gasteiger partial charge on any atom is -0.497 e. The molecule has 0 aliphatic heterocycles. The maximum atomic E-state index is 11.1. The van der Waals surface area contributed by atoms with Crippen LogP contribution in [-0.4, -0.2) is 37.0 Å². The standard InChI is InChI=1S/C11H21NO3S/c1-4-14-10(3)8-15-9(2)7-12-11(13)5-6-16/h4,9-10,16H,1,5-8H2,2-3H3,(H,12,13). The van der Waals surface area contributed by atoms with Crippen LogP contribution in [0.3, 0.4) is 0 Å².